The van der Waals surface area contributed by atoms with Crippen molar-refractivity contribution in [2.24, 2.45) is 0 Å². The van der Waals surface area contributed by atoms with Gasteiger partial charge in [0.1, 0.15) is 22.6 Å². The molecule has 0 saturated heterocycles. The van der Waals surface area contributed by atoms with Gasteiger partial charge in [-0.05, 0) is 54.4 Å². The Balaban J connectivity index is 1.93. The van der Waals surface area contributed by atoms with Crippen molar-refractivity contribution in [3.8, 4) is 11.5 Å². The predicted molar refractivity (Wildman–Crippen MR) is 133 cm³/mol. The summed E-state index contributed by atoms with van der Waals surface area (Å²) in [5, 5.41) is 9.53. The fourth-order valence-electron chi connectivity index (χ4n) is 3.50. The Kier molecular flexibility index (Phi) is 8.70. The van der Waals surface area contributed by atoms with Crippen molar-refractivity contribution in [2.45, 2.75) is 31.4 Å². The third-order valence-corrected chi connectivity index (χ3v) is 8.26. The number of rotatable bonds is 10. The Morgan fingerprint density at radius 1 is 0.912 bits per heavy atom. The van der Waals surface area contributed by atoms with Gasteiger partial charge in [-0.15, -0.1) is 0 Å². The Morgan fingerprint density at radius 3 is 1.79 bits per heavy atom. The predicted octanol–water partition coefficient (Wildman–Crippen LogP) is 5.06. The van der Waals surface area contributed by atoms with Crippen LogP contribution >= 0.6 is 15.9 Å². The summed E-state index contributed by atoms with van der Waals surface area (Å²) in [6.07, 6.45) is -1.55. The number of hydrogen-bond acceptors (Lipinski definition) is 5. The van der Waals surface area contributed by atoms with Gasteiger partial charge in [0, 0.05) is 23.1 Å². The van der Waals surface area contributed by atoms with Crippen LogP contribution in [0.25, 0.3) is 0 Å². The maximum Gasteiger partial charge on any atom is 0.220 e. The summed E-state index contributed by atoms with van der Waals surface area (Å²) in [7, 11) is -0.950. The number of methoxy groups -OCH3 is 2. The van der Waals surface area contributed by atoms with Crippen LogP contribution in [0.4, 0.5) is 4.39 Å². The molecule has 0 aromatic heterocycles. The topological polar surface area (TPSA) is 76.1 Å². The molecule has 3 rings (SSSR count). The summed E-state index contributed by atoms with van der Waals surface area (Å²) < 4.78 is 53.9. The van der Waals surface area contributed by atoms with Gasteiger partial charge in [0.05, 0.1) is 20.3 Å². The van der Waals surface area contributed by atoms with Crippen LogP contribution in [0.5, 0.6) is 11.5 Å². The first-order valence-electron chi connectivity index (χ1n) is 10.5. The molecule has 0 aliphatic rings. The minimum atomic E-state index is -4.06. The van der Waals surface area contributed by atoms with Crippen molar-refractivity contribution in [2.75, 3.05) is 14.2 Å². The van der Waals surface area contributed by atoms with E-state index in [2.05, 4.69) is 15.9 Å². The van der Waals surface area contributed by atoms with Crippen molar-refractivity contribution < 1.29 is 27.4 Å². The van der Waals surface area contributed by atoms with Crippen molar-refractivity contribution >= 4 is 26.0 Å². The molecule has 0 amide bonds. The normalized spacial score (nSPS) is 13.5. The lowest BCUT2D eigenvalue weighted by Gasteiger charge is -2.29. The van der Waals surface area contributed by atoms with Crippen LogP contribution in [0.2, 0.25) is 0 Å². The largest absolute Gasteiger partial charge is 0.497 e. The number of aliphatic hydroxyl groups is 1. The number of hydrogen-bond donors (Lipinski definition) is 1. The number of sulfonamides is 1. The molecule has 9 heteroatoms. The molecule has 34 heavy (non-hydrogen) atoms. The van der Waals surface area contributed by atoms with Gasteiger partial charge in [0.15, 0.2) is 0 Å². The van der Waals surface area contributed by atoms with Crippen LogP contribution in [-0.4, -0.2) is 37.3 Å². The Morgan fingerprint density at radius 2 is 1.38 bits per heavy atom. The van der Waals surface area contributed by atoms with E-state index < -0.39 is 27.2 Å². The van der Waals surface area contributed by atoms with Gasteiger partial charge >= 0.3 is 0 Å². The number of nitrogens with zero attached hydrogens (tertiary/aromatic N) is 1. The van der Waals surface area contributed by atoms with Crippen LogP contribution in [0, 0.1) is 5.82 Å². The SMILES string of the molecule is COc1ccc(CN(Cc2ccc(OC)cc2)S(=O)(=O)C(C)C(O)c2ccc(Br)cc2F)cc1. The maximum atomic E-state index is 14.5. The second-order valence-corrected chi connectivity index (χ2v) is 11.0. The Labute approximate surface area is 208 Å². The number of benzene rings is 3. The fraction of sp³-hybridized carbons (Fsp3) is 0.280. The quantitative estimate of drug-likeness (QED) is 0.381. The van der Waals surface area contributed by atoms with Gasteiger partial charge in [0.2, 0.25) is 10.0 Å². The highest BCUT2D eigenvalue weighted by molar-refractivity contribution is 9.10. The van der Waals surface area contributed by atoms with Crippen molar-refractivity contribution in [1.29, 1.82) is 0 Å². The highest BCUT2D eigenvalue weighted by atomic mass is 79.9. The molecule has 3 aromatic carbocycles. The van der Waals surface area contributed by atoms with Gasteiger partial charge in [0.25, 0.3) is 0 Å². The van der Waals surface area contributed by atoms with Gasteiger partial charge in [-0.3, -0.25) is 0 Å². The summed E-state index contributed by atoms with van der Waals surface area (Å²) >= 11 is 3.17. The average molecular weight is 552 g/mol. The molecule has 3 aromatic rings. The fourth-order valence-corrected chi connectivity index (χ4v) is 5.43. The molecule has 0 aliphatic carbocycles. The van der Waals surface area contributed by atoms with E-state index >= 15 is 0 Å². The number of aliphatic hydroxyl groups excluding tert-OH is 1. The zero-order valence-electron chi connectivity index (χ0n) is 19.1. The molecule has 2 atom stereocenters. The minimum Gasteiger partial charge on any atom is -0.497 e. The van der Waals surface area contributed by atoms with Crippen molar-refractivity contribution in [3.63, 3.8) is 0 Å². The molecule has 6 nitrogen and oxygen atoms in total. The zero-order chi connectivity index (χ0) is 24.9. The molecular weight excluding hydrogens is 525 g/mol. The first-order valence-corrected chi connectivity index (χ1v) is 12.8. The second kappa shape index (κ2) is 11.3. The average Bonchev–Trinajstić information content (AvgIpc) is 2.83. The van der Waals surface area contributed by atoms with Gasteiger partial charge in [-0.2, -0.15) is 4.31 Å². The van der Waals surface area contributed by atoms with E-state index in [0.29, 0.717) is 16.0 Å². The highest BCUT2D eigenvalue weighted by Gasteiger charge is 2.35. The monoisotopic (exact) mass is 551 g/mol. The third-order valence-electron chi connectivity index (χ3n) is 5.59. The number of halogens is 2. The van der Waals surface area contributed by atoms with E-state index in [9.17, 15) is 17.9 Å². The highest BCUT2D eigenvalue weighted by Crippen LogP contribution is 2.30. The van der Waals surface area contributed by atoms with E-state index in [0.717, 1.165) is 11.1 Å². The van der Waals surface area contributed by atoms with Crippen LogP contribution in [0.1, 0.15) is 29.7 Å². The van der Waals surface area contributed by atoms with E-state index in [1.807, 2.05) is 0 Å². The molecule has 2 unspecified atom stereocenters. The van der Waals surface area contributed by atoms with Crippen LogP contribution in [0.3, 0.4) is 0 Å². The minimum absolute atomic E-state index is 0.0677. The van der Waals surface area contributed by atoms with Crippen LogP contribution in [0.15, 0.2) is 71.2 Å². The molecule has 0 saturated carbocycles. The summed E-state index contributed by atoms with van der Waals surface area (Å²) in [6.45, 7) is 1.52. The molecule has 0 heterocycles. The Bertz CT molecular complexity index is 1150. The first kappa shape index (κ1) is 26.2. The third kappa shape index (κ3) is 6.15. The van der Waals surface area contributed by atoms with E-state index in [1.54, 1.807) is 68.8 Å². The van der Waals surface area contributed by atoms with E-state index in [-0.39, 0.29) is 18.7 Å². The smallest absolute Gasteiger partial charge is 0.220 e. The van der Waals surface area contributed by atoms with Gasteiger partial charge in [-0.25, -0.2) is 12.8 Å². The lowest BCUT2D eigenvalue weighted by Crippen LogP contribution is -2.39. The number of ether oxygens (including phenoxy) is 2. The van der Waals surface area contributed by atoms with Crippen molar-refractivity contribution in [3.05, 3.63) is 93.7 Å². The summed E-state index contributed by atoms with van der Waals surface area (Å²) in [5.41, 5.74) is 1.41. The molecule has 1 N–H and O–H groups in total. The van der Waals surface area contributed by atoms with Crippen LogP contribution < -0.4 is 9.47 Å². The first-order chi connectivity index (χ1) is 16.1. The van der Waals surface area contributed by atoms with Gasteiger partial charge in [-0.1, -0.05) is 46.3 Å². The second-order valence-electron chi connectivity index (χ2n) is 7.82. The van der Waals surface area contributed by atoms with E-state index in [4.69, 9.17) is 9.47 Å². The molecule has 0 radical (unpaired) electrons. The maximum absolute atomic E-state index is 14.5. The Hall–Kier alpha value is -2.46. The summed E-state index contributed by atoms with van der Waals surface area (Å²) in [5.74, 6) is 0.631. The summed E-state index contributed by atoms with van der Waals surface area (Å²) in [4.78, 5) is 0. The summed E-state index contributed by atoms with van der Waals surface area (Å²) in [6, 6.07) is 18.3. The molecule has 0 fully saturated rings. The molecule has 0 spiro atoms. The molecule has 0 aliphatic heterocycles. The molecular formula is C25H27BrFNO5S. The van der Waals surface area contributed by atoms with E-state index in [1.165, 1.54) is 23.4 Å². The lowest BCUT2D eigenvalue weighted by atomic mass is 10.1. The standard InChI is InChI=1S/C25H27BrFNO5S/c1-17(25(29)23-13-8-20(26)14-24(23)27)34(30,31)28(15-18-4-9-21(32-2)10-5-18)16-19-6-11-22(33-3)12-7-19/h4-14,17,25,29H,15-16H2,1-3H3. The van der Waals surface area contributed by atoms with Crippen molar-refractivity contribution in [1.82, 2.24) is 4.31 Å². The molecule has 182 valence electrons. The molecule has 0 bridgehead atoms. The zero-order valence-corrected chi connectivity index (χ0v) is 21.5. The lowest BCUT2D eigenvalue weighted by molar-refractivity contribution is 0.167. The van der Waals surface area contributed by atoms with Crippen LogP contribution in [-0.2, 0) is 23.1 Å². The van der Waals surface area contributed by atoms with Gasteiger partial charge < -0.3 is 14.6 Å².